The van der Waals surface area contributed by atoms with E-state index in [1.165, 1.54) is 0 Å². The van der Waals surface area contributed by atoms with Crippen LogP contribution in [0.25, 0.3) is 16.8 Å². The van der Waals surface area contributed by atoms with Gasteiger partial charge in [-0.05, 0) is 24.6 Å². The molecule has 25 heavy (non-hydrogen) atoms. The second kappa shape index (κ2) is 6.60. The molecule has 1 N–H and O–H groups in total. The summed E-state index contributed by atoms with van der Waals surface area (Å²) in [5, 5.41) is 8.01. The quantitative estimate of drug-likeness (QED) is 0.766. The first kappa shape index (κ1) is 15.7. The molecule has 7 nitrogen and oxygen atoms in total. The van der Waals surface area contributed by atoms with Gasteiger partial charge in [-0.3, -0.25) is 9.98 Å². The predicted molar refractivity (Wildman–Crippen MR) is 95.9 cm³/mol. The van der Waals surface area contributed by atoms with Gasteiger partial charge in [0, 0.05) is 43.7 Å². The van der Waals surface area contributed by atoms with E-state index >= 15 is 0 Å². The maximum Gasteiger partial charge on any atom is 0.167 e. The van der Waals surface area contributed by atoms with E-state index < -0.39 is 0 Å². The summed E-state index contributed by atoms with van der Waals surface area (Å²) in [6.07, 6.45) is 4.32. The lowest BCUT2D eigenvalue weighted by molar-refractivity contribution is 0.200. The highest BCUT2D eigenvalue weighted by Crippen LogP contribution is 2.28. The number of nitrogens with one attached hydrogen (secondary N) is 1. The Hall–Kier alpha value is -2.80. The van der Waals surface area contributed by atoms with Gasteiger partial charge in [-0.25, -0.2) is 9.50 Å². The fourth-order valence-electron chi connectivity index (χ4n) is 3.07. The van der Waals surface area contributed by atoms with E-state index in [4.69, 9.17) is 9.72 Å². The Morgan fingerprint density at radius 3 is 3.00 bits per heavy atom. The summed E-state index contributed by atoms with van der Waals surface area (Å²) in [6.45, 7) is 4.24. The average molecular weight is 336 g/mol. The average Bonchev–Trinajstić information content (AvgIpc) is 3.30. The van der Waals surface area contributed by atoms with Crippen molar-refractivity contribution in [3.63, 3.8) is 0 Å². The minimum absolute atomic E-state index is 0.597. The summed E-state index contributed by atoms with van der Waals surface area (Å²) in [5.41, 5.74) is 4.93. The fraction of sp³-hybridized carbons (Fsp3) is 0.333. The Balaban J connectivity index is 1.96. The summed E-state index contributed by atoms with van der Waals surface area (Å²) in [4.78, 5) is 13.7. The monoisotopic (exact) mass is 336 g/mol. The van der Waals surface area contributed by atoms with Crippen molar-refractivity contribution in [3.05, 3.63) is 47.7 Å². The van der Waals surface area contributed by atoms with E-state index in [-0.39, 0.29) is 0 Å². The van der Waals surface area contributed by atoms with Gasteiger partial charge in [-0.2, -0.15) is 5.10 Å². The molecule has 7 heteroatoms. The SMILES string of the molecule is COCCc1nc2c(C3=NCCN3)c(-c3cccnc3)cc(C)n2n1. The summed E-state index contributed by atoms with van der Waals surface area (Å²) in [6, 6.07) is 6.12. The topological polar surface area (TPSA) is 76.7 Å². The van der Waals surface area contributed by atoms with E-state index in [0.717, 1.165) is 52.8 Å². The summed E-state index contributed by atoms with van der Waals surface area (Å²) >= 11 is 0. The van der Waals surface area contributed by atoms with Crippen LogP contribution in [0.5, 0.6) is 0 Å². The van der Waals surface area contributed by atoms with Crippen LogP contribution in [-0.4, -0.2) is 52.2 Å². The predicted octanol–water partition coefficient (Wildman–Crippen LogP) is 1.64. The number of rotatable bonds is 5. The van der Waals surface area contributed by atoms with Crippen LogP contribution < -0.4 is 5.32 Å². The maximum atomic E-state index is 5.16. The number of pyridine rings is 2. The second-order valence-corrected chi connectivity index (χ2v) is 5.98. The zero-order valence-electron chi connectivity index (χ0n) is 14.4. The van der Waals surface area contributed by atoms with E-state index in [0.29, 0.717) is 13.0 Å². The number of amidine groups is 1. The molecule has 1 aliphatic rings. The Kier molecular flexibility index (Phi) is 4.15. The molecule has 0 saturated heterocycles. The highest BCUT2D eigenvalue weighted by Gasteiger charge is 2.22. The molecule has 0 aliphatic carbocycles. The molecule has 3 aromatic rings. The summed E-state index contributed by atoms with van der Waals surface area (Å²) < 4.78 is 7.05. The fourth-order valence-corrected chi connectivity index (χ4v) is 3.07. The molecule has 0 bridgehead atoms. The zero-order chi connectivity index (χ0) is 17.2. The molecule has 0 amide bonds. The number of aliphatic imine (C=N–C) groups is 1. The highest BCUT2D eigenvalue weighted by molar-refractivity contribution is 6.10. The van der Waals surface area contributed by atoms with Crippen molar-refractivity contribution in [2.75, 3.05) is 26.8 Å². The minimum atomic E-state index is 0.597. The molecule has 4 rings (SSSR count). The molecule has 0 fully saturated rings. The molecule has 0 atom stereocenters. The van der Waals surface area contributed by atoms with Crippen LogP contribution in [0, 0.1) is 6.92 Å². The number of fused-ring (bicyclic) bond motifs is 1. The standard InChI is InChI=1S/C18H20N6O/c1-12-10-14(13-4-3-6-19-11-13)16(17-20-7-8-21-17)18-22-15(5-9-25-2)23-24(12)18/h3-4,6,10-11H,5,7-9H2,1-2H3,(H,20,21). The van der Waals surface area contributed by atoms with Gasteiger partial charge in [-0.15, -0.1) is 0 Å². The number of hydrogen-bond donors (Lipinski definition) is 1. The molecule has 4 heterocycles. The molecular weight excluding hydrogens is 316 g/mol. The number of nitrogens with zero attached hydrogens (tertiary/aromatic N) is 5. The number of hydrogen-bond acceptors (Lipinski definition) is 6. The van der Waals surface area contributed by atoms with Crippen molar-refractivity contribution in [2.45, 2.75) is 13.3 Å². The maximum absolute atomic E-state index is 5.16. The van der Waals surface area contributed by atoms with Gasteiger partial charge in [0.15, 0.2) is 11.5 Å². The van der Waals surface area contributed by atoms with Gasteiger partial charge in [0.2, 0.25) is 0 Å². The summed E-state index contributed by atoms with van der Waals surface area (Å²) in [7, 11) is 1.68. The number of methoxy groups -OCH3 is 1. The molecule has 128 valence electrons. The molecule has 0 aromatic carbocycles. The lowest BCUT2D eigenvalue weighted by Crippen LogP contribution is -2.21. The normalized spacial score (nSPS) is 13.9. The second-order valence-electron chi connectivity index (χ2n) is 5.98. The third kappa shape index (κ3) is 2.87. The van der Waals surface area contributed by atoms with Crippen molar-refractivity contribution < 1.29 is 4.74 Å². The molecule has 3 aromatic heterocycles. The van der Waals surface area contributed by atoms with Crippen LogP contribution >= 0.6 is 0 Å². The van der Waals surface area contributed by atoms with E-state index in [2.05, 4.69) is 32.5 Å². The van der Waals surface area contributed by atoms with Crippen molar-refractivity contribution in [1.29, 1.82) is 0 Å². The Morgan fingerprint density at radius 2 is 2.28 bits per heavy atom. The van der Waals surface area contributed by atoms with Crippen LogP contribution in [0.4, 0.5) is 0 Å². The van der Waals surface area contributed by atoms with Crippen LogP contribution in [0.15, 0.2) is 35.6 Å². The van der Waals surface area contributed by atoms with Crippen LogP contribution in [0.3, 0.4) is 0 Å². The first-order chi connectivity index (χ1) is 12.3. The number of ether oxygens (including phenoxy) is 1. The highest BCUT2D eigenvalue weighted by atomic mass is 16.5. The minimum Gasteiger partial charge on any atom is -0.384 e. The number of aryl methyl sites for hydroxylation is 1. The largest absolute Gasteiger partial charge is 0.384 e. The lowest BCUT2D eigenvalue weighted by Gasteiger charge is -2.13. The van der Waals surface area contributed by atoms with E-state index in [9.17, 15) is 0 Å². The molecule has 0 spiro atoms. The van der Waals surface area contributed by atoms with Gasteiger partial charge < -0.3 is 10.1 Å². The van der Waals surface area contributed by atoms with Gasteiger partial charge in [-0.1, -0.05) is 6.07 Å². The third-order valence-corrected chi connectivity index (χ3v) is 4.24. The van der Waals surface area contributed by atoms with Gasteiger partial charge >= 0.3 is 0 Å². The van der Waals surface area contributed by atoms with E-state index in [1.54, 1.807) is 13.3 Å². The van der Waals surface area contributed by atoms with Crippen molar-refractivity contribution in [2.24, 2.45) is 4.99 Å². The van der Waals surface area contributed by atoms with Crippen LogP contribution in [0.2, 0.25) is 0 Å². The van der Waals surface area contributed by atoms with Crippen LogP contribution in [-0.2, 0) is 11.2 Å². The number of aromatic nitrogens is 4. The Bertz CT molecular complexity index is 932. The Labute approximate surface area is 145 Å². The molecule has 1 aliphatic heterocycles. The van der Waals surface area contributed by atoms with Gasteiger partial charge in [0.05, 0.1) is 18.7 Å². The van der Waals surface area contributed by atoms with Gasteiger partial charge in [0.1, 0.15) is 5.84 Å². The third-order valence-electron chi connectivity index (χ3n) is 4.24. The summed E-state index contributed by atoms with van der Waals surface area (Å²) in [5.74, 6) is 1.64. The molecular formula is C18H20N6O. The van der Waals surface area contributed by atoms with Gasteiger partial charge in [0.25, 0.3) is 0 Å². The molecule has 0 unspecified atom stereocenters. The van der Waals surface area contributed by atoms with Crippen molar-refractivity contribution in [1.82, 2.24) is 24.9 Å². The first-order valence-electron chi connectivity index (χ1n) is 8.35. The molecule has 0 radical (unpaired) electrons. The molecule has 0 saturated carbocycles. The first-order valence-corrected chi connectivity index (χ1v) is 8.35. The van der Waals surface area contributed by atoms with Crippen molar-refractivity contribution in [3.8, 4) is 11.1 Å². The van der Waals surface area contributed by atoms with Crippen molar-refractivity contribution >= 4 is 11.5 Å². The zero-order valence-corrected chi connectivity index (χ0v) is 14.4. The van der Waals surface area contributed by atoms with Crippen LogP contribution in [0.1, 0.15) is 17.1 Å². The van der Waals surface area contributed by atoms with E-state index in [1.807, 2.05) is 23.7 Å². The smallest absolute Gasteiger partial charge is 0.167 e. The lowest BCUT2D eigenvalue weighted by atomic mass is 10.0. The Morgan fingerprint density at radius 1 is 1.36 bits per heavy atom.